The molecule has 3 aromatic rings. The van der Waals surface area contributed by atoms with Gasteiger partial charge in [-0.1, -0.05) is 26.0 Å². The summed E-state index contributed by atoms with van der Waals surface area (Å²) in [4.78, 5) is 8.72. The van der Waals surface area contributed by atoms with Gasteiger partial charge in [-0.15, -0.1) is 0 Å². The van der Waals surface area contributed by atoms with Gasteiger partial charge in [-0.3, -0.25) is 0 Å². The van der Waals surface area contributed by atoms with E-state index in [-0.39, 0.29) is 4.90 Å². The Balaban J connectivity index is 1.76. The zero-order valence-electron chi connectivity index (χ0n) is 15.6. The molecule has 0 amide bonds. The van der Waals surface area contributed by atoms with E-state index < -0.39 is 9.84 Å². The van der Waals surface area contributed by atoms with Crippen LogP contribution in [-0.4, -0.2) is 31.2 Å². The molecule has 6 nitrogen and oxygen atoms in total. The largest absolute Gasteiger partial charge is 0.493 e. The van der Waals surface area contributed by atoms with E-state index in [9.17, 15) is 8.42 Å². The molecule has 0 aliphatic carbocycles. The molecular formula is C20H23N3O3S. The first-order valence-corrected chi connectivity index (χ1v) is 10.6. The van der Waals surface area contributed by atoms with Gasteiger partial charge in [0, 0.05) is 18.2 Å². The van der Waals surface area contributed by atoms with Crippen molar-refractivity contribution < 1.29 is 13.2 Å². The van der Waals surface area contributed by atoms with Crippen molar-refractivity contribution in [3.63, 3.8) is 0 Å². The highest BCUT2D eigenvalue weighted by Gasteiger charge is 2.11. The summed E-state index contributed by atoms with van der Waals surface area (Å²) in [5, 5.41) is 3.94. The van der Waals surface area contributed by atoms with Crippen LogP contribution in [-0.2, 0) is 16.4 Å². The summed E-state index contributed by atoms with van der Waals surface area (Å²) in [6, 6.07) is 12.7. The monoisotopic (exact) mass is 385 g/mol. The summed E-state index contributed by atoms with van der Waals surface area (Å²) in [6.07, 6.45) is 2.65. The third-order valence-corrected chi connectivity index (χ3v) is 5.11. The average molecular weight is 385 g/mol. The molecule has 1 aromatic heterocycles. The molecule has 0 aliphatic rings. The predicted molar refractivity (Wildman–Crippen MR) is 107 cm³/mol. The number of hydrogen-bond acceptors (Lipinski definition) is 6. The molecule has 0 fully saturated rings. The van der Waals surface area contributed by atoms with Crippen LogP contribution in [0.15, 0.2) is 53.7 Å². The maximum atomic E-state index is 11.8. The van der Waals surface area contributed by atoms with Crippen LogP contribution in [0.2, 0.25) is 0 Å². The number of benzene rings is 2. The van der Waals surface area contributed by atoms with Crippen molar-refractivity contribution >= 4 is 26.6 Å². The van der Waals surface area contributed by atoms with E-state index >= 15 is 0 Å². The van der Waals surface area contributed by atoms with Crippen LogP contribution in [0.3, 0.4) is 0 Å². The Morgan fingerprint density at radius 3 is 2.48 bits per heavy atom. The van der Waals surface area contributed by atoms with E-state index in [1.54, 1.807) is 18.2 Å². The van der Waals surface area contributed by atoms with E-state index in [0.717, 1.165) is 11.3 Å². The second kappa shape index (κ2) is 7.92. The molecule has 0 atom stereocenters. The second-order valence-electron chi connectivity index (χ2n) is 6.88. The van der Waals surface area contributed by atoms with Crippen molar-refractivity contribution in [2.24, 2.45) is 5.92 Å². The first-order chi connectivity index (χ1) is 12.8. The number of aromatic nitrogens is 2. The molecule has 1 N–H and O–H groups in total. The second-order valence-corrected chi connectivity index (χ2v) is 8.89. The zero-order valence-corrected chi connectivity index (χ0v) is 16.5. The molecule has 2 aromatic carbocycles. The lowest BCUT2D eigenvalue weighted by Gasteiger charge is -2.11. The standard InChI is InChI=1S/C20H23N3O3S/c1-14(2)12-26-16-6-4-15(5-7-16)11-21-20-18-10-17(27(3,24)25)8-9-19(18)22-13-23-20/h4-10,13-14H,11-12H2,1-3H3,(H,21,22,23). The van der Waals surface area contributed by atoms with Crippen molar-refractivity contribution in [2.45, 2.75) is 25.3 Å². The Bertz CT molecular complexity index is 1030. The third-order valence-electron chi connectivity index (χ3n) is 4.00. The van der Waals surface area contributed by atoms with Gasteiger partial charge < -0.3 is 10.1 Å². The Labute approximate surface area is 159 Å². The summed E-state index contributed by atoms with van der Waals surface area (Å²) >= 11 is 0. The minimum absolute atomic E-state index is 0.250. The van der Waals surface area contributed by atoms with Crippen LogP contribution in [0.25, 0.3) is 10.9 Å². The van der Waals surface area contributed by atoms with Gasteiger partial charge in [0.25, 0.3) is 0 Å². The number of hydrogen-bond donors (Lipinski definition) is 1. The van der Waals surface area contributed by atoms with Gasteiger partial charge in [-0.2, -0.15) is 0 Å². The summed E-state index contributed by atoms with van der Waals surface area (Å²) in [5.74, 6) is 1.93. The lowest BCUT2D eigenvalue weighted by molar-refractivity contribution is 0.271. The normalized spacial score (nSPS) is 11.7. The fourth-order valence-electron chi connectivity index (χ4n) is 2.56. The van der Waals surface area contributed by atoms with E-state index in [0.29, 0.717) is 35.8 Å². The highest BCUT2D eigenvalue weighted by molar-refractivity contribution is 7.90. The molecule has 0 unspecified atom stereocenters. The number of nitrogens with one attached hydrogen (secondary N) is 1. The van der Waals surface area contributed by atoms with Crippen molar-refractivity contribution in [3.8, 4) is 5.75 Å². The molecule has 27 heavy (non-hydrogen) atoms. The van der Waals surface area contributed by atoms with Gasteiger partial charge >= 0.3 is 0 Å². The number of nitrogens with zero attached hydrogens (tertiary/aromatic N) is 2. The Morgan fingerprint density at radius 1 is 1.07 bits per heavy atom. The van der Waals surface area contributed by atoms with Crippen LogP contribution in [0.1, 0.15) is 19.4 Å². The zero-order chi connectivity index (χ0) is 19.4. The van der Waals surface area contributed by atoms with Gasteiger partial charge in [0.2, 0.25) is 0 Å². The van der Waals surface area contributed by atoms with Gasteiger partial charge in [0.05, 0.1) is 17.0 Å². The molecule has 0 saturated carbocycles. The van der Waals surface area contributed by atoms with Crippen LogP contribution >= 0.6 is 0 Å². The lowest BCUT2D eigenvalue weighted by atomic mass is 10.2. The van der Waals surface area contributed by atoms with Gasteiger partial charge in [0.15, 0.2) is 9.84 Å². The molecular weight excluding hydrogens is 362 g/mol. The molecule has 142 valence electrons. The maximum Gasteiger partial charge on any atom is 0.175 e. The van der Waals surface area contributed by atoms with E-state index in [1.165, 1.54) is 12.6 Å². The average Bonchev–Trinajstić information content (AvgIpc) is 2.64. The van der Waals surface area contributed by atoms with Crippen LogP contribution in [0.4, 0.5) is 5.82 Å². The summed E-state index contributed by atoms with van der Waals surface area (Å²) in [5.41, 5.74) is 1.76. The first kappa shape index (κ1) is 19.1. The molecule has 0 radical (unpaired) electrons. The fraction of sp³-hybridized carbons (Fsp3) is 0.300. The molecule has 1 heterocycles. The van der Waals surface area contributed by atoms with Crippen molar-refractivity contribution in [1.82, 2.24) is 9.97 Å². The van der Waals surface area contributed by atoms with Gasteiger partial charge in [-0.25, -0.2) is 18.4 Å². The number of fused-ring (bicyclic) bond motifs is 1. The van der Waals surface area contributed by atoms with E-state index in [1.807, 2.05) is 24.3 Å². The van der Waals surface area contributed by atoms with Crippen LogP contribution in [0, 0.1) is 5.92 Å². The smallest absolute Gasteiger partial charge is 0.175 e. The highest BCUT2D eigenvalue weighted by atomic mass is 32.2. The summed E-state index contributed by atoms with van der Waals surface area (Å²) < 4.78 is 29.3. The Morgan fingerprint density at radius 2 is 1.81 bits per heavy atom. The molecule has 3 rings (SSSR count). The van der Waals surface area contributed by atoms with Gasteiger partial charge in [-0.05, 0) is 41.8 Å². The van der Waals surface area contributed by atoms with Crippen molar-refractivity contribution in [1.29, 1.82) is 0 Å². The minimum Gasteiger partial charge on any atom is -0.493 e. The van der Waals surface area contributed by atoms with Crippen molar-refractivity contribution in [3.05, 3.63) is 54.4 Å². The topological polar surface area (TPSA) is 81.2 Å². The van der Waals surface area contributed by atoms with Crippen LogP contribution < -0.4 is 10.1 Å². The fourth-order valence-corrected chi connectivity index (χ4v) is 3.21. The number of anilines is 1. The highest BCUT2D eigenvalue weighted by Crippen LogP contribution is 2.23. The van der Waals surface area contributed by atoms with E-state index in [4.69, 9.17) is 4.74 Å². The minimum atomic E-state index is -3.29. The van der Waals surface area contributed by atoms with Gasteiger partial charge in [0.1, 0.15) is 17.9 Å². The number of ether oxygens (including phenoxy) is 1. The third kappa shape index (κ3) is 4.95. The molecule has 0 saturated heterocycles. The Kier molecular flexibility index (Phi) is 5.60. The number of sulfone groups is 1. The number of rotatable bonds is 7. The summed E-state index contributed by atoms with van der Waals surface area (Å²) in [7, 11) is -3.29. The molecule has 0 spiro atoms. The maximum absolute atomic E-state index is 11.8. The molecule has 7 heteroatoms. The lowest BCUT2D eigenvalue weighted by Crippen LogP contribution is -2.05. The van der Waals surface area contributed by atoms with E-state index in [2.05, 4.69) is 29.1 Å². The Hall–Kier alpha value is -2.67. The molecule has 0 bridgehead atoms. The SMILES string of the molecule is CC(C)COc1ccc(CNc2ncnc3ccc(S(C)(=O)=O)cc23)cc1. The quantitative estimate of drug-likeness (QED) is 0.668. The van der Waals surface area contributed by atoms with Crippen LogP contribution in [0.5, 0.6) is 5.75 Å². The molecule has 0 aliphatic heterocycles. The van der Waals surface area contributed by atoms with Crippen molar-refractivity contribution in [2.75, 3.05) is 18.2 Å². The predicted octanol–water partition coefficient (Wildman–Crippen LogP) is 3.68. The summed E-state index contributed by atoms with van der Waals surface area (Å²) in [6.45, 7) is 5.46. The first-order valence-electron chi connectivity index (χ1n) is 8.73.